The van der Waals surface area contributed by atoms with Gasteiger partial charge in [0.05, 0.1) is 5.69 Å². The second-order valence-corrected chi connectivity index (χ2v) is 8.60. The Hall–Kier alpha value is -3.47. The maximum Gasteiger partial charge on any atom is 0.229 e. The van der Waals surface area contributed by atoms with Crippen molar-refractivity contribution in [3.05, 3.63) is 47.1 Å². The van der Waals surface area contributed by atoms with Crippen LogP contribution in [0.5, 0.6) is 0 Å². The van der Waals surface area contributed by atoms with E-state index in [0.29, 0.717) is 10.8 Å². The number of thiazole rings is 1. The van der Waals surface area contributed by atoms with Crippen LogP contribution in [0.2, 0.25) is 0 Å². The number of amides is 1. The molecule has 4 aromatic rings. The van der Waals surface area contributed by atoms with Crippen molar-refractivity contribution in [2.45, 2.75) is 19.8 Å². The molecule has 0 bridgehead atoms. The third-order valence-corrected chi connectivity index (χ3v) is 6.28. The van der Waals surface area contributed by atoms with Crippen molar-refractivity contribution >= 4 is 33.8 Å². The average Bonchev–Trinajstić information content (AvgIpc) is 3.40. The van der Waals surface area contributed by atoms with E-state index in [1.165, 1.54) is 28.1 Å². The van der Waals surface area contributed by atoms with Gasteiger partial charge >= 0.3 is 0 Å². The number of halogens is 1. The minimum absolute atomic E-state index is 0.0251. The molecule has 1 amide bonds. The number of carbonyl (C=O) groups is 1. The largest absolute Gasteiger partial charge is 0.355 e. The fourth-order valence-corrected chi connectivity index (χ4v) is 4.55. The van der Waals surface area contributed by atoms with Gasteiger partial charge < -0.3 is 10.2 Å². The molecule has 1 saturated heterocycles. The molecule has 0 saturated carbocycles. The summed E-state index contributed by atoms with van der Waals surface area (Å²) < 4.78 is 14.6. The Labute approximate surface area is 180 Å². The van der Waals surface area contributed by atoms with Gasteiger partial charge in [-0.1, -0.05) is 0 Å². The summed E-state index contributed by atoms with van der Waals surface area (Å²) in [7, 11) is 0. The van der Waals surface area contributed by atoms with Crippen molar-refractivity contribution in [3.63, 3.8) is 0 Å². The van der Waals surface area contributed by atoms with Crippen LogP contribution in [0, 0.1) is 18.7 Å². The molecule has 1 N–H and O–H groups in total. The zero-order chi connectivity index (χ0) is 21.4. The second-order valence-electron chi connectivity index (χ2n) is 7.40. The van der Waals surface area contributed by atoms with E-state index in [9.17, 15) is 9.18 Å². The lowest BCUT2D eigenvalue weighted by Crippen LogP contribution is -2.38. The minimum atomic E-state index is -0.287. The van der Waals surface area contributed by atoms with Crippen molar-refractivity contribution in [1.29, 1.82) is 0 Å². The Kier molecular flexibility index (Phi) is 5.02. The molecule has 11 heteroatoms. The number of nitrogens with one attached hydrogen (secondary N) is 1. The van der Waals surface area contributed by atoms with E-state index in [2.05, 4.69) is 35.8 Å². The lowest BCUT2D eigenvalue weighted by molar-refractivity contribution is -0.120. The van der Waals surface area contributed by atoms with Crippen LogP contribution < -0.4 is 10.2 Å². The standard InChI is InChI=1S/C20H19FN8OS/c1-12-18(13-2-4-15(21)5-3-13)22-20(31-12)23-19(30)14-8-10-28(11-9-14)17-7-6-16-24-26-27-29(16)25-17/h2-7,14H,8-11H2,1H3,(H,22,23,30). The second kappa shape index (κ2) is 7.99. The molecule has 0 unspecified atom stereocenters. The first-order chi connectivity index (χ1) is 15.1. The van der Waals surface area contributed by atoms with Crippen molar-refractivity contribution < 1.29 is 9.18 Å². The zero-order valence-corrected chi connectivity index (χ0v) is 17.5. The number of carbonyl (C=O) groups excluding carboxylic acids is 1. The maximum absolute atomic E-state index is 13.2. The van der Waals surface area contributed by atoms with E-state index in [1.807, 2.05) is 19.1 Å². The first kappa shape index (κ1) is 19.5. The molecule has 3 aromatic heterocycles. The van der Waals surface area contributed by atoms with Crippen LogP contribution in [-0.2, 0) is 4.79 Å². The molecule has 4 heterocycles. The lowest BCUT2D eigenvalue weighted by atomic mass is 9.96. The number of piperidine rings is 1. The summed E-state index contributed by atoms with van der Waals surface area (Å²) in [6, 6.07) is 9.92. The van der Waals surface area contributed by atoms with Crippen molar-refractivity contribution in [2.75, 3.05) is 23.3 Å². The zero-order valence-electron chi connectivity index (χ0n) is 16.7. The summed E-state index contributed by atoms with van der Waals surface area (Å²) in [5.41, 5.74) is 2.19. The first-order valence-electron chi connectivity index (χ1n) is 9.91. The summed E-state index contributed by atoms with van der Waals surface area (Å²) in [6.45, 7) is 3.38. The van der Waals surface area contributed by atoms with Gasteiger partial charge in [-0.05, 0) is 66.6 Å². The van der Waals surface area contributed by atoms with Gasteiger partial charge in [0.2, 0.25) is 5.91 Å². The van der Waals surface area contributed by atoms with Gasteiger partial charge in [0.1, 0.15) is 5.82 Å². The molecule has 1 aliphatic rings. The molecule has 158 valence electrons. The summed E-state index contributed by atoms with van der Waals surface area (Å²) >= 11 is 1.43. The monoisotopic (exact) mass is 438 g/mol. The number of aromatic nitrogens is 6. The van der Waals surface area contributed by atoms with E-state index in [0.717, 1.165) is 47.9 Å². The van der Waals surface area contributed by atoms with E-state index in [-0.39, 0.29) is 17.6 Å². The first-order valence-corrected chi connectivity index (χ1v) is 10.7. The Balaban J connectivity index is 1.22. The van der Waals surface area contributed by atoms with Gasteiger partial charge in [0.25, 0.3) is 0 Å². The normalized spacial score (nSPS) is 14.8. The summed E-state index contributed by atoms with van der Waals surface area (Å²) in [5, 5.41) is 19.2. The highest BCUT2D eigenvalue weighted by Crippen LogP contribution is 2.31. The Morgan fingerprint density at radius 1 is 1.16 bits per heavy atom. The van der Waals surface area contributed by atoms with E-state index in [1.54, 1.807) is 12.1 Å². The van der Waals surface area contributed by atoms with E-state index < -0.39 is 0 Å². The Bertz CT molecular complexity index is 1230. The van der Waals surface area contributed by atoms with Gasteiger partial charge in [-0.3, -0.25) is 4.79 Å². The number of aryl methyl sites for hydroxylation is 1. The fourth-order valence-electron chi connectivity index (χ4n) is 3.71. The van der Waals surface area contributed by atoms with Gasteiger partial charge in [-0.15, -0.1) is 26.2 Å². The highest BCUT2D eigenvalue weighted by atomic mass is 32.1. The number of benzene rings is 1. The predicted octanol–water partition coefficient (Wildman–Crippen LogP) is 2.95. The molecule has 31 heavy (non-hydrogen) atoms. The predicted molar refractivity (Wildman–Crippen MR) is 114 cm³/mol. The molecule has 5 rings (SSSR count). The van der Waals surface area contributed by atoms with Crippen molar-refractivity contribution in [1.82, 2.24) is 30.2 Å². The smallest absolute Gasteiger partial charge is 0.229 e. The van der Waals surface area contributed by atoms with E-state index >= 15 is 0 Å². The molecule has 1 aromatic carbocycles. The topological polar surface area (TPSA) is 101 Å². The molecule has 9 nitrogen and oxygen atoms in total. The number of hydrogen-bond donors (Lipinski definition) is 1. The molecule has 0 atom stereocenters. The summed E-state index contributed by atoms with van der Waals surface area (Å²) in [4.78, 5) is 20.4. The number of hydrogen-bond acceptors (Lipinski definition) is 8. The summed E-state index contributed by atoms with van der Waals surface area (Å²) in [5.74, 6) is 0.386. The van der Waals surface area contributed by atoms with Crippen LogP contribution in [0.3, 0.4) is 0 Å². The molecule has 1 aliphatic heterocycles. The van der Waals surface area contributed by atoms with Crippen LogP contribution >= 0.6 is 11.3 Å². The van der Waals surface area contributed by atoms with Crippen LogP contribution in [0.15, 0.2) is 36.4 Å². The summed E-state index contributed by atoms with van der Waals surface area (Å²) in [6.07, 6.45) is 1.44. The van der Waals surface area contributed by atoms with Gasteiger partial charge in [0.15, 0.2) is 16.6 Å². The van der Waals surface area contributed by atoms with Gasteiger partial charge in [-0.2, -0.15) is 0 Å². The average molecular weight is 438 g/mol. The number of anilines is 2. The highest BCUT2D eigenvalue weighted by molar-refractivity contribution is 7.16. The number of fused-ring (bicyclic) bond motifs is 1. The Morgan fingerprint density at radius 2 is 1.94 bits per heavy atom. The van der Waals surface area contributed by atoms with Crippen LogP contribution in [0.25, 0.3) is 16.9 Å². The molecule has 1 fully saturated rings. The quantitative estimate of drug-likeness (QED) is 0.523. The number of rotatable bonds is 4. The minimum Gasteiger partial charge on any atom is -0.355 e. The molecule has 0 aliphatic carbocycles. The van der Waals surface area contributed by atoms with E-state index in [4.69, 9.17) is 0 Å². The number of nitrogens with zero attached hydrogens (tertiary/aromatic N) is 7. The highest BCUT2D eigenvalue weighted by Gasteiger charge is 2.27. The third kappa shape index (κ3) is 3.96. The van der Waals surface area contributed by atoms with Crippen molar-refractivity contribution in [2.24, 2.45) is 5.92 Å². The fraction of sp³-hybridized carbons (Fsp3) is 0.300. The van der Waals surface area contributed by atoms with Crippen LogP contribution in [-0.4, -0.2) is 49.2 Å². The third-order valence-electron chi connectivity index (χ3n) is 5.39. The van der Waals surface area contributed by atoms with Gasteiger partial charge in [-0.25, -0.2) is 9.37 Å². The SMILES string of the molecule is Cc1sc(NC(=O)C2CCN(c3ccc4nnnn4n3)CC2)nc1-c1ccc(F)cc1. The van der Waals surface area contributed by atoms with Crippen LogP contribution in [0.1, 0.15) is 17.7 Å². The molecule has 0 radical (unpaired) electrons. The van der Waals surface area contributed by atoms with Crippen LogP contribution in [0.4, 0.5) is 15.3 Å². The molecule has 0 spiro atoms. The Morgan fingerprint density at radius 3 is 2.71 bits per heavy atom. The van der Waals surface area contributed by atoms with Crippen molar-refractivity contribution in [3.8, 4) is 11.3 Å². The molecular formula is C20H19FN8OS. The van der Waals surface area contributed by atoms with Gasteiger partial charge in [0, 0.05) is 29.4 Å². The number of tetrazole rings is 1. The lowest BCUT2D eigenvalue weighted by Gasteiger charge is -2.31. The maximum atomic E-state index is 13.2. The molecular weight excluding hydrogens is 419 g/mol.